The number of benzene rings is 1. The first-order valence-electron chi connectivity index (χ1n) is 5.92. The fraction of sp³-hybridized carbons (Fsp3) is 0.462. The zero-order valence-electron chi connectivity index (χ0n) is 10.5. The van der Waals surface area contributed by atoms with Gasteiger partial charge in [-0.2, -0.15) is 0 Å². The highest BCUT2D eigenvalue weighted by molar-refractivity contribution is 9.10. The first-order chi connectivity index (χ1) is 9.06. The number of hydrogen-bond donors (Lipinski definition) is 1. The van der Waals surface area contributed by atoms with Crippen molar-refractivity contribution >= 4 is 21.8 Å². The maximum Gasteiger partial charge on any atom is 0.252 e. The summed E-state index contributed by atoms with van der Waals surface area (Å²) < 4.78 is 24.1. The highest BCUT2D eigenvalue weighted by Crippen LogP contribution is 2.22. The fourth-order valence-corrected chi connectivity index (χ4v) is 2.50. The molecule has 0 spiro atoms. The van der Waals surface area contributed by atoms with Crippen LogP contribution in [0.3, 0.4) is 0 Å². The summed E-state index contributed by atoms with van der Waals surface area (Å²) in [6, 6.07) is 3.96. The highest BCUT2D eigenvalue weighted by atomic mass is 79.9. The Balaban J connectivity index is 2.01. The molecule has 1 fully saturated rings. The third kappa shape index (κ3) is 3.32. The number of nitrogens with one attached hydrogen (secondary N) is 1. The third-order valence-corrected chi connectivity index (χ3v) is 3.90. The molecule has 0 radical (unpaired) electrons. The second kappa shape index (κ2) is 5.98. The van der Waals surface area contributed by atoms with Gasteiger partial charge in [0.05, 0.1) is 12.2 Å². The lowest BCUT2D eigenvalue weighted by atomic mass is 10.0. The minimum atomic E-state index is -0.456. The maximum absolute atomic E-state index is 13.0. The van der Waals surface area contributed by atoms with Crippen LogP contribution in [0.15, 0.2) is 22.7 Å². The van der Waals surface area contributed by atoms with E-state index in [9.17, 15) is 9.18 Å². The molecule has 1 aromatic rings. The quantitative estimate of drug-likeness (QED) is 0.919. The fourth-order valence-electron chi connectivity index (χ4n) is 1.97. The predicted octanol–water partition coefficient (Wildman–Crippen LogP) is 2.12. The molecule has 104 valence electrons. The lowest BCUT2D eigenvalue weighted by Gasteiger charge is -2.25. The predicted molar refractivity (Wildman–Crippen MR) is 71.6 cm³/mol. The van der Waals surface area contributed by atoms with E-state index in [1.54, 1.807) is 7.11 Å². The molecule has 1 aromatic carbocycles. The van der Waals surface area contributed by atoms with Crippen molar-refractivity contribution in [1.29, 1.82) is 0 Å². The molecule has 1 aliphatic heterocycles. The molecule has 1 unspecified atom stereocenters. The lowest BCUT2D eigenvalue weighted by Crippen LogP contribution is -2.45. The molecule has 1 aliphatic rings. The van der Waals surface area contributed by atoms with E-state index in [-0.39, 0.29) is 11.7 Å². The minimum absolute atomic E-state index is 0.268. The molecule has 2 rings (SSSR count). The van der Waals surface area contributed by atoms with Gasteiger partial charge in [-0.15, -0.1) is 0 Å². The summed E-state index contributed by atoms with van der Waals surface area (Å²) in [7, 11) is 1.61. The summed E-state index contributed by atoms with van der Waals surface area (Å²) in [5, 5.41) is 2.80. The van der Waals surface area contributed by atoms with E-state index in [2.05, 4.69) is 21.2 Å². The van der Waals surface area contributed by atoms with Gasteiger partial charge in [0, 0.05) is 31.2 Å². The van der Waals surface area contributed by atoms with Gasteiger partial charge in [-0.3, -0.25) is 4.79 Å². The van der Waals surface area contributed by atoms with E-state index in [1.165, 1.54) is 18.2 Å². The number of methoxy groups -OCH3 is 1. The molecule has 6 heteroatoms. The van der Waals surface area contributed by atoms with Gasteiger partial charge in [-0.25, -0.2) is 4.39 Å². The van der Waals surface area contributed by atoms with Crippen molar-refractivity contribution in [2.75, 3.05) is 26.9 Å². The van der Waals surface area contributed by atoms with Crippen LogP contribution in [0.25, 0.3) is 0 Å². The molecule has 0 aromatic heterocycles. The zero-order chi connectivity index (χ0) is 13.9. The summed E-state index contributed by atoms with van der Waals surface area (Å²) in [5.41, 5.74) is -0.0612. The van der Waals surface area contributed by atoms with E-state index >= 15 is 0 Å². The van der Waals surface area contributed by atoms with Crippen molar-refractivity contribution in [2.45, 2.75) is 12.0 Å². The lowest BCUT2D eigenvalue weighted by molar-refractivity contribution is -0.0148. The largest absolute Gasteiger partial charge is 0.378 e. The molecule has 1 amide bonds. The maximum atomic E-state index is 13.0. The van der Waals surface area contributed by atoms with Gasteiger partial charge in [0.1, 0.15) is 11.4 Å². The summed E-state index contributed by atoms with van der Waals surface area (Å²) in [5.74, 6) is -0.656. The third-order valence-electron chi connectivity index (χ3n) is 3.25. The average Bonchev–Trinajstić information content (AvgIpc) is 2.85. The second-order valence-electron chi connectivity index (χ2n) is 4.50. The molecule has 1 atom stereocenters. The molecular weight excluding hydrogens is 317 g/mol. The van der Waals surface area contributed by atoms with Crippen LogP contribution in [0.5, 0.6) is 0 Å². The van der Waals surface area contributed by atoms with Crippen LogP contribution >= 0.6 is 15.9 Å². The van der Waals surface area contributed by atoms with Crippen molar-refractivity contribution in [3.63, 3.8) is 0 Å². The Kier molecular flexibility index (Phi) is 4.54. The van der Waals surface area contributed by atoms with Crippen LogP contribution in [0.2, 0.25) is 0 Å². The Bertz CT molecular complexity index is 475. The Hall–Kier alpha value is -0.980. The number of carbonyl (C=O) groups excluding carboxylic acids is 1. The molecule has 0 saturated carbocycles. The van der Waals surface area contributed by atoms with Crippen LogP contribution < -0.4 is 5.32 Å². The summed E-state index contributed by atoms with van der Waals surface area (Å²) >= 11 is 3.17. The molecule has 0 bridgehead atoms. The number of amides is 1. The van der Waals surface area contributed by atoms with Gasteiger partial charge in [0.15, 0.2) is 0 Å². The Morgan fingerprint density at radius 3 is 3.00 bits per heavy atom. The number of rotatable bonds is 4. The Morgan fingerprint density at radius 1 is 1.63 bits per heavy atom. The average molecular weight is 332 g/mol. The van der Waals surface area contributed by atoms with E-state index in [1.807, 2.05) is 0 Å². The topological polar surface area (TPSA) is 47.6 Å². The molecule has 0 aliphatic carbocycles. The first kappa shape index (κ1) is 14.4. The van der Waals surface area contributed by atoms with Crippen LogP contribution in [0.4, 0.5) is 4.39 Å². The smallest absolute Gasteiger partial charge is 0.252 e. The normalized spacial score (nSPS) is 22.5. The van der Waals surface area contributed by atoms with Crippen molar-refractivity contribution in [3.8, 4) is 0 Å². The SMILES string of the molecule is COC1(CNC(=O)c2ccc(F)cc2Br)CCOC1. The second-order valence-corrected chi connectivity index (χ2v) is 5.35. The summed E-state index contributed by atoms with van der Waals surface area (Å²) in [6.45, 7) is 1.46. The number of halogens is 2. The van der Waals surface area contributed by atoms with E-state index in [0.29, 0.717) is 29.8 Å². The highest BCUT2D eigenvalue weighted by Gasteiger charge is 2.35. The van der Waals surface area contributed by atoms with Crippen molar-refractivity contribution in [2.24, 2.45) is 0 Å². The van der Waals surface area contributed by atoms with Crippen LogP contribution in [-0.2, 0) is 9.47 Å². The van der Waals surface area contributed by atoms with Gasteiger partial charge in [-0.1, -0.05) is 0 Å². The number of carbonyl (C=O) groups is 1. The van der Waals surface area contributed by atoms with Crippen LogP contribution in [0, 0.1) is 5.82 Å². The molecule has 4 nitrogen and oxygen atoms in total. The van der Waals surface area contributed by atoms with E-state index < -0.39 is 5.60 Å². The molecule has 1 heterocycles. The number of ether oxygens (including phenoxy) is 2. The van der Waals surface area contributed by atoms with Crippen LogP contribution in [0.1, 0.15) is 16.8 Å². The Labute approximate surface area is 119 Å². The minimum Gasteiger partial charge on any atom is -0.378 e. The molecule has 1 N–H and O–H groups in total. The van der Waals surface area contributed by atoms with Gasteiger partial charge in [0.2, 0.25) is 0 Å². The first-order valence-corrected chi connectivity index (χ1v) is 6.72. The van der Waals surface area contributed by atoms with E-state index in [4.69, 9.17) is 9.47 Å². The number of hydrogen-bond acceptors (Lipinski definition) is 3. The van der Waals surface area contributed by atoms with Crippen molar-refractivity contribution < 1.29 is 18.7 Å². The monoisotopic (exact) mass is 331 g/mol. The summed E-state index contributed by atoms with van der Waals surface area (Å²) in [4.78, 5) is 12.0. The van der Waals surface area contributed by atoms with Gasteiger partial charge >= 0.3 is 0 Å². The van der Waals surface area contributed by atoms with Crippen molar-refractivity contribution in [1.82, 2.24) is 5.32 Å². The van der Waals surface area contributed by atoms with E-state index in [0.717, 1.165) is 6.42 Å². The Morgan fingerprint density at radius 2 is 2.42 bits per heavy atom. The summed E-state index contributed by atoms with van der Waals surface area (Å²) in [6.07, 6.45) is 0.744. The van der Waals surface area contributed by atoms with Gasteiger partial charge in [0.25, 0.3) is 5.91 Å². The van der Waals surface area contributed by atoms with Gasteiger partial charge in [-0.05, 0) is 34.1 Å². The van der Waals surface area contributed by atoms with Crippen LogP contribution in [-0.4, -0.2) is 38.4 Å². The molecule has 1 saturated heterocycles. The molecular formula is C13H15BrFNO3. The zero-order valence-corrected chi connectivity index (χ0v) is 12.1. The molecule has 19 heavy (non-hydrogen) atoms. The standard InChI is InChI=1S/C13H15BrFNO3/c1-18-13(4-5-19-8-13)7-16-12(17)10-3-2-9(15)6-11(10)14/h2-3,6H,4-5,7-8H2,1H3,(H,16,17). The van der Waals surface area contributed by atoms with Crippen molar-refractivity contribution in [3.05, 3.63) is 34.1 Å². The van der Waals surface area contributed by atoms with Gasteiger partial charge < -0.3 is 14.8 Å².